The molecule has 0 aliphatic carbocycles. The number of quaternary nitrogens is 1. The minimum atomic E-state index is -0.948. The fraction of sp³-hybridized carbons (Fsp3) is 0.800. The van der Waals surface area contributed by atoms with E-state index in [0.717, 1.165) is 6.54 Å². The Morgan fingerprint density at radius 3 is 2.40 bits per heavy atom. The third kappa shape index (κ3) is 10.5. The molecule has 0 aromatic rings. The van der Waals surface area contributed by atoms with Crippen molar-refractivity contribution in [2.24, 2.45) is 0 Å². The highest BCUT2D eigenvalue weighted by Crippen LogP contribution is 1.55. The lowest BCUT2D eigenvalue weighted by atomic mass is 10.6. The molecule has 5 heteroatoms. The van der Waals surface area contributed by atoms with Crippen LogP contribution in [-0.2, 0) is 0 Å². The predicted molar refractivity (Wildman–Crippen MR) is 33.7 cm³/mol. The Labute approximate surface area is 66.6 Å². The maximum Gasteiger partial charge on any atom is 0.404 e. The number of carbonyl (C=O) groups is 1. The first-order valence-corrected chi connectivity index (χ1v) is 2.88. The highest BCUT2D eigenvalue weighted by molar-refractivity contribution is 5.64. The van der Waals surface area contributed by atoms with Crippen LogP contribution in [0.1, 0.15) is 0 Å². The van der Waals surface area contributed by atoms with Crippen molar-refractivity contribution in [1.82, 2.24) is 5.32 Å². The van der Waals surface area contributed by atoms with Crippen molar-refractivity contribution in [3.63, 3.8) is 0 Å². The fourth-order valence-corrected chi connectivity index (χ4v) is 0.419. The Morgan fingerprint density at radius 1 is 1.60 bits per heavy atom. The molecule has 0 aromatic heterocycles. The smallest absolute Gasteiger partial charge is 0.404 e. The third-order valence-electron chi connectivity index (χ3n) is 0.901. The average molecular weight is 169 g/mol. The Bertz CT molecular complexity index is 97.6. The average Bonchev–Trinajstić information content (AvgIpc) is 1.63. The second kappa shape index (κ2) is 6.64. The van der Waals surface area contributed by atoms with E-state index in [2.05, 4.69) is 5.32 Å². The van der Waals surface area contributed by atoms with Crippen molar-refractivity contribution >= 4 is 6.09 Å². The first-order chi connectivity index (χ1) is 4.13. The second-order valence-electron chi connectivity index (χ2n) is 2.19. The SMILES string of the molecule is C[NH+](C)CCNC(=O)O.[Cl-]. The molecule has 0 saturated heterocycles. The zero-order valence-electron chi connectivity index (χ0n) is 6.15. The van der Waals surface area contributed by atoms with Crippen molar-refractivity contribution in [1.29, 1.82) is 0 Å². The number of halogens is 1. The van der Waals surface area contributed by atoms with Gasteiger partial charge in [-0.15, -0.1) is 0 Å². The van der Waals surface area contributed by atoms with Crippen LogP contribution in [0, 0.1) is 0 Å². The molecule has 0 heterocycles. The van der Waals surface area contributed by atoms with Gasteiger partial charge in [-0.05, 0) is 0 Å². The maximum absolute atomic E-state index is 9.86. The third-order valence-corrected chi connectivity index (χ3v) is 0.901. The van der Waals surface area contributed by atoms with Gasteiger partial charge in [0.1, 0.15) is 0 Å². The van der Waals surface area contributed by atoms with Gasteiger partial charge in [0.05, 0.1) is 27.2 Å². The van der Waals surface area contributed by atoms with Gasteiger partial charge in [0, 0.05) is 0 Å². The van der Waals surface area contributed by atoms with E-state index in [0.29, 0.717) is 6.54 Å². The van der Waals surface area contributed by atoms with Crippen LogP contribution in [0.4, 0.5) is 4.79 Å². The van der Waals surface area contributed by atoms with E-state index in [-0.39, 0.29) is 12.4 Å². The molecule has 1 amide bonds. The van der Waals surface area contributed by atoms with Gasteiger partial charge in [0.15, 0.2) is 0 Å². The largest absolute Gasteiger partial charge is 1.00 e. The summed E-state index contributed by atoms with van der Waals surface area (Å²) in [5.41, 5.74) is 0. The molecule has 10 heavy (non-hydrogen) atoms. The molecule has 4 nitrogen and oxygen atoms in total. The van der Waals surface area contributed by atoms with E-state index in [4.69, 9.17) is 5.11 Å². The van der Waals surface area contributed by atoms with Gasteiger partial charge in [-0.1, -0.05) is 0 Å². The lowest BCUT2D eigenvalue weighted by Crippen LogP contribution is -3.06. The molecule has 0 aromatic carbocycles. The molecule has 0 saturated carbocycles. The number of nitrogens with one attached hydrogen (secondary N) is 2. The van der Waals surface area contributed by atoms with E-state index in [9.17, 15) is 4.79 Å². The van der Waals surface area contributed by atoms with Crippen LogP contribution in [0.3, 0.4) is 0 Å². The van der Waals surface area contributed by atoms with Gasteiger partial charge in [-0.3, -0.25) is 0 Å². The number of amides is 1. The second-order valence-corrected chi connectivity index (χ2v) is 2.19. The van der Waals surface area contributed by atoms with E-state index < -0.39 is 6.09 Å². The summed E-state index contributed by atoms with van der Waals surface area (Å²) in [6, 6.07) is 0. The maximum atomic E-state index is 9.86. The Hall–Kier alpha value is -0.480. The highest BCUT2D eigenvalue weighted by atomic mass is 35.5. The molecule has 0 rings (SSSR count). The van der Waals surface area contributed by atoms with E-state index in [1.807, 2.05) is 14.1 Å². The lowest BCUT2D eigenvalue weighted by Gasteiger charge is -2.05. The Morgan fingerprint density at radius 2 is 2.10 bits per heavy atom. The van der Waals surface area contributed by atoms with Crippen LogP contribution < -0.4 is 22.6 Å². The van der Waals surface area contributed by atoms with Crippen LogP contribution in [0.25, 0.3) is 0 Å². The van der Waals surface area contributed by atoms with Crippen LogP contribution in [0.15, 0.2) is 0 Å². The van der Waals surface area contributed by atoms with E-state index >= 15 is 0 Å². The van der Waals surface area contributed by atoms with Crippen molar-refractivity contribution in [2.75, 3.05) is 27.2 Å². The molecule has 0 spiro atoms. The predicted octanol–water partition coefficient (Wildman–Crippen LogP) is -4.60. The molecule has 0 aliphatic rings. The van der Waals surface area contributed by atoms with Crippen molar-refractivity contribution in [3.05, 3.63) is 0 Å². The number of hydrogen-bond donors (Lipinski definition) is 3. The van der Waals surface area contributed by atoms with Crippen molar-refractivity contribution in [3.8, 4) is 0 Å². The molecular formula is C5H13ClN2O2. The van der Waals surface area contributed by atoms with Gasteiger partial charge in [0.2, 0.25) is 0 Å². The molecule has 0 fully saturated rings. The Kier molecular flexibility index (Phi) is 8.11. The summed E-state index contributed by atoms with van der Waals surface area (Å²) < 4.78 is 0. The van der Waals surface area contributed by atoms with Crippen LogP contribution in [-0.4, -0.2) is 38.4 Å². The van der Waals surface area contributed by atoms with Crippen LogP contribution in [0.5, 0.6) is 0 Å². The zero-order valence-corrected chi connectivity index (χ0v) is 6.90. The topological polar surface area (TPSA) is 53.8 Å². The molecular weight excluding hydrogens is 156 g/mol. The summed E-state index contributed by atoms with van der Waals surface area (Å²) in [6.45, 7) is 1.35. The number of hydrogen-bond acceptors (Lipinski definition) is 1. The summed E-state index contributed by atoms with van der Waals surface area (Å²) in [6.07, 6.45) is -0.948. The number of likely N-dealkylation sites (N-methyl/N-ethyl adjacent to an activating group) is 1. The molecule has 0 bridgehead atoms. The minimum Gasteiger partial charge on any atom is -1.00 e. The summed E-state index contributed by atoms with van der Waals surface area (Å²) in [5, 5.41) is 10.4. The van der Waals surface area contributed by atoms with Crippen molar-refractivity contribution < 1.29 is 27.2 Å². The summed E-state index contributed by atoms with van der Waals surface area (Å²) >= 11 is 0. The zero-order chi connectivity index (χ0) is 7.28. The van der Waals surface area contributed by atoms with Gasteiger partial charge in [0.25, 0.3) is 0 Å². The number of carboxylic acid groups (broad SMARTS) is 1. The molecule has 0 aliphatic heterocycles. The highest BCUT2D eigenvalue weighted by Gasteiger charge is 1.94. The van der Waals surface area contributed by atoms with Gasteiger partial charge in [-0.25, -0.2) is 4.79 Å². The number of rotatable bonds is 3. The van der Waals surface area contributed by atoms with Crippen molar-refractivity contribution in [2.45, 2.75) is 0 Å². The van der Waals surface area contributed by atoms with Crippen LogP contribution >= 0.6 is 0 Å². The lowest BCUT2D eigenvalue weighted by molar-refractivity contribution is -0.856. The quantitative estimate of drug-likeness (QED) is 0.398. The molecule has 0 radical (unpaired) electrons. The molecule has 0 atom stereocenters. The molecule has 0 unspecified atom stereocenters. The Balaban J connectivity index is 0. The summed E-state index contributed by atoms with van der Waals surface area (Å²) in [4.78, 5) is 11.1. The minimum absolute atomic E-state index is 0. The standard InChI is InChI=1S/C5H12N2O2.ClH/c1-7(2)4-3-6-5(8)9;/h6H,3-4H2,1-2H3,(H,8,9);1H. The van der Waals surface area contributed by atoms with E-state index in [1.165, 1.54) is 4.90 Å². The first kappa shape index (κ1) is 12.2. The summed E-state index contributed by atoms with van der Waals surface area (Å²) in [5.74, 6) is 0. The molecule has 3 N–H and O–H groups in total. The first-order valence-electron chi connectivity index (χ1n) is 2.88. The molecule has 62 valence electrons. The van der Waals surface area contributed by atoms with Gasteiger partial charge < -0.3 is 27.7 Å². The fourth-order valence-electron chi connectivity index (χ4n) is 0.419. The van der Waals surface area contributed by atoms with Gasteiger partial charge >= 0.3 is 6.09 Å². The summed E-state index contributed by atoms with van der Waals surface area (Å²) in [7, 11) is 3.95. The van der Waals surface area contributed by atoms with E-state index in [1.54, 1.807) is 0 Å². The van der Waals surface area contributed by atoms with Gasteiger partial charge in [-0.2, -0.15) is 0 Å². The normalized spacial score (nSPS) is 8.70. The van der Waals surface area contributed by atoms with Crippen LogP contribution in [0.2, 0.25) is 0 Å². The monoisotopic (exact) mass is 168 g/mol.